The van der Waals surface area contributed by atoms with Gasteiger partial charge in [0.1, 0.15) is 29.0 Å². The molecule has 2 rings (SSSR count). The van der Waals surface area contributed by atoms with E-state index >= 15 is 0 Å². The van der Waals surface area contributed by atoms with Gasteiger partial charge < -0.3 is 24.7 Å². The highest BCUT2D eigenvalue weighted by Crippen LogP contribution is 2.14. The number of carbonyl (C=O) groups is 3. The Balaban J connectivity index is -0.000000673. The van der Waals surface area contributed by atoms with Crippen molar-refractivity contribution in [2.75, 3.05) is 61.0 Å². The summed E-state index contributed by atoms with van der Waals surface area (Å²) in [7, 11) is 7.07. The zero-order valence-corrected chi connectivity index (χ0v) is 33.3. The summed E-state index contributed by atoms with van der Waals surface area (Å²) < 4.78 is 53.7. The van der Waals surface area contributed by atoms with Crippen LogP contribution in [0.5, 0.6) is 11.5 Å². The number of benzene rings is 2. The molecule has 0 aliphatic heterocycles. The first kappa shape index (κ1) is 51.5. The molecule has 0 saturated carbocycles. The molecule has 2 aromatic carbocycles. The molecule has 14 nitrogen and oxygen atoms in total. The molecular formula is C35H57N3O11S2. The van der Waals surface area contributed by atoms with Gasteiger partial charge in [0, 0.05) is 18.7 Å². The van der Waals surface area contributed by atoms with Crippen molar-refractivity contribution in [1.29, 1.82) is 0 Å². The Bertz CT molecular complexity index is 1270. The fraction of sp³-hybridized carbons (Fsp3) is 0.571. The molecule has 290 valence electrons. The average Bonchev–Trinajstić information content (AvgIpc) is 3.03. The van der Waals surface area contributed by atoms with E-state index in [1.807, 2.05) is 77.6 Å². The van der Waals surface area contributed by atoms with Gasteiger partial charge in [0.15, 0.2) is 0 Å². The lowest BCUT2D eigenvalue weighted by atomic mass is 10.1. The number of nitrogens with zero attached hydrogens (tertiary/aromatic N) is 2. The molecule has 2 aromatic rings. The normalized spacial score (nSPS) is 10.2. The summed E-state index contributed by atoms with van der Waals surface area (Å²) in [6.45, 7) is 14.0. The number of likely N-dealkylation sites (N-methyl/N-ethyl adjacent to an activating group) is 2. The van der Waals surface area contributed by atoms with Crippen molar-refractivity contribution in [3.63, 3.8) is 0 Å². The number of esters is 2. The summed E-state index contributed by atoms with van der Waals surface area (Å²) >= 11 is -1.50. The highest BCUT2D eigenvalue weighted by atomic mass is 32.1. The Kier molecular flexibility index (Phi) is 31.3. The lowest BCUT2D eigenvalue weighted by Crippen LogP contribution is -2.35. The standard InChI is InChI=1S/C18H29NO3.C9H20N2O2.C8H8O2.2O2S/c1-18(2,3)22-17(20)14-19(4)13-7-6-8-15-9-11-16(21-5)12-10-15;1-9(2,3)13-8(12)7-11(4)6-5-10;1-10-8-4-2-7(6-9)3-5-8;2*1-3-2/h9-12H,6-8,13-14H2,1-5H3;5-7,10H2,1-4H3;2-6H,1H3;;. The second kappa shape index (κ2) is 30.9. The van der Waals surface area contributed by atoms with E-state index in [4.69, 9.17) is 41.5 Å². The van der Waals surface area contributed by atoms with E-state index in [-0.39, 0.29) is 11.9 Å². The molecule has 0 atom stereocenters. The number of methoxy groups -OCH3 is 2. The molecule has 51 heavy (non-hydrogen) atoms. The maximum Gasteiger partial charge on any atom is 0.335 e. The number of nitrogens with two attached hydrogens (primary N) is 1. The van der Waals surface area contributed by atoms with E-state index < -0.39 is 34.3 Å². The molecular weight excluding hydrogens is 703 g/mol. The van der Waals surface area contributed by atoms with E-state index in [0.29, 0.717) is 31.7 Å². The maximum absolute atomic E-state index is 11.7. The molecule has 0 bridgehead atoms. The highest BCUT2D eigenvalue weighted by Gasteiger charge is 2.18. The van der Waals surface area contributed by atoms with Crippen molar-refractivity contribution in [2.45, 2.75) is 72.0 Å². The zero-order valence-electron chi connectivity index (χ0n) is 31.6. The van der Waals surface area contributed by atoms with Gasteiger partial charge in [-0.1, -0.05) is 12.1 Å². The molecule has 0 spiro atoms. The van der Waals surface area contributed by atoms with Gasteiger partial charge in [-0.05, 0) is 123 Å². The van der Waals surface area contributed by atoms with Gasteiger partial charge in [-0.3, -0.25) is 24.2 Å². The molecule has 16 heteroatoms. The van der Waals surface area contributed by atoms with Gasteiger partial charge in [0.25, 0.3) is 0 Å². The van der Waals surface area contributed by atoms with Crippen LogP contribution in [0.3, 0.4) is 0 Å². The minimum atomic E-state index is -0.750. The summed E-state index contributed by atoms with van der Waals surface area (Å²) in [4.78, 5) is 37.0. The van der Waals surface area contributed by atoms with E-state index in [0.717, 1.165) is 43.6 Å². The number of ether oxygens (including phenoxy) is 4. The number of carbonyl (C=O) groups excluding carboxylic acids is 3. The van der Waals surface area contributed by atoms with E-state index in [2.05, 4.69) is 12.1 Å². The number of aldehydes is 1. The van der Waals surface area contributed by atoms with Crippen molar-refractivity contribution < 1.29 is 50.2 Å². The lowest BCUT2D eigenvalue weighted by molar-refractivity contribution is -0.156. The predicted molar refractivity (Wildman–Crippen MR) is 198 cm³/mol. The summed E-state index contributed by atoms with van der Waals surface area (Å²) in [5.41, 5.74) is 6.51. The lowest BCUT2D eigenvalue weighted by Gasteiger charge is -2.22. The predicted octanol–water partition coefficient (Wildman–Crippen LogP) is 3.68. The number of rotatable bonds is 14. The van der Waals surface area contributed by atoms with E-state index in [9.17, 15) is 14.4 Å². The largest absolute Gasteiger partial charge is 0.497 e. The quantitative estimate of drug-likeness (QED) is 0.167. The summed E-state index contributed by atoms with van der Waals surface area (Å²) in [6.07, 6.45) is 4.01. The van der Waals surface area contributed by atoms with Crippen molar-refractivity contribution in [3.05, 3.63) is 59.7 Å². The number of hydrogen-bond donors (Lipinski definition) is 1. The molecule has 0 aromatic heterocycles. The monoisotopic (exact) mass is 759 g/mol. The second-order valence-corrected chi connectivity index (χ2v) is 13.0. The molecule has 2 N–H and O–H groups in total. The highest BCUT2D eigenvalue weighted by molar-refractivity contribution is 7.51. The van der Waals surface area contributed by atoms with Crippen molar-refractivity contribution in [3.8, 4) is 11.5 Å². The van der Waals surface area contributed by atoms with E-state index in [1.165, 1.54) is 5.56 Å². The van der Waals surface area contributed by atoms with Gasteiger partial charge in [0.2, 0.25) is 0 Å². The Morgan fingerprint density at radius 1 is 0.686 bits per heavy atom. The van der Waals surface area contributed by atoms with Crippen LogP contribution in [0.2, 0.25) is 0 Å². The van der Waals surface area contributed by atoms with Gasteiger partial charge >= 0.3 is 35.1 Å². The van der Waals surface area contributed by atoms with Gasteiger partial charge in [-0.2, -0.15) is 16.8 Å². The van der Waals surface area contributed by atoms with Crippen LogP contribution in [0, 0.1) is 0 Å². The summed E-state index contributed by atoms with van der Waals surface area (Å²) in [5, 5.41) is 0. The summed E-state index contributed by atoms with van der Waals surface area (Å²) in [6, 6.07) is 15.1. The van der Waals surface area contributed by atoms with Gasteiger partial charge in [0.05, 0.1) is 27.3 Å². The van der Waals surface area contributed by atoms with Crippen molar-refractivity contribution >= 4 is 41.4 Å². The Morgan fingerprint density at radius 2 is 1.06 bits per heavy atom. The molecule has 0 saturated heterocycles. The van der Waals surface area contributed by atoms with Crippen molar-refractivity contribution in [2.24, 2.45) is 5.73 Å². The smallest absolute Gasteiger partial charge is 0.335 e. The van der Waals surface area contributed by atoms with Crippen LogP contribution in [0.1, 0.15) is 70.3 Å². The third kappa shape index (κ3) is 35.8. The fourth-order valence-electron chi connectivity index (χ4n) is 3.75. The van der Waals surface area contributed by atoms with Crippen LogP contribution < -0.4 is 15.2 Å². The number of aryl methyl sites for hydroxylation is 1. The van der Waals surface area contributed by atoms with E-state index in [1.54, 1.807) is 38.5 Å². The van der Waals surface area contributed by atoms with Gasteiger partial charge in [-0.25, -0.2) is 0 Å². The Morgan fingerprint density at radius 3 is 1.39 bits per heavy atom. The van der Waals surface area contributed by atoms with Crippen LogP contribution in [0.4, 0.5) is 0 Å². The average molecular weight is 760 g/mol. The van der Waals surface area contributed by atoms with Crippen LogP contribution in [-0.4, -0.2) is 117 Å². The zero-order chi connectivity index (χ0) is 39.9. The minimum Gasteiger partial charge on any atom is -0.497 e. The molecule has 0 aliphatic carbocycles. The van der Waals surface area contributed by atoms with Crippen LogP contribution >= 0.6 is 0 Å². The maximum atomic E-state index is 11.7. The van der Waals surface area contributed by atoms with Gasteiger partial charge in [-0.15, -0.1) is 0 Å². The topological polar surface area (TPSA) is 189 Å². The summed E-state index contributed by atoms with van der Waals surface area (Å²) in [5.74, 6) is 1.29. The number of unbranched alkanes of at least 4 members (excludes halogenated alkanes) is 1. The first-order valence-corrected chi connectivity index (χ1v) is 17.2. The molecule has 0 unspecified atom stereocenters. The number of hydrogen-bond acceptors (Lipinski definition) is 14. The van der Waals surface area contributed by atoms with Crippen LogP contribution in [-0.2, 0) is 48.6 Å². The molecule has 0 amide bonds. The SMILES string of the molecule is CN(CCN)CC(=O)OC(C)(C)C.COc1ccc(C=O)cc1.COc1ccc(CCCCN(C)CC(=O)OC(C)(C)C)cc1.O=S=O.O=S=O. The first-order valence-electron chi connectivity index (χ1n) is 15.9. The second-order valence-electron chi connectivity index (χ2n) is 12.8. The Hall–Kier alpha value is -3.83. The molecule has 0 fully saturated rings. The minimum absolute atomic E-state index is 0.162. The molecule has 0 heterocycles. The third-order valence-electron chi connectivity index (χ3n) is 5.82. The molecule has 0 aliphatic rings. The van der Waals surface area contributed by atoms with Crippen molar-refractivity contribution in [1.82, 2.24) is 9.80 Å². The van der Waals surface area contributed by atoms with Crippen LogP contribution in [0.15, 0.2) is 48.5 Å². The van der Waals surface area contributed by atoms with Crippen LogP contribution in [0.25, 0.3) is 0 Å². The first-order chi connectivity index (χ1) is 23.8. The third-order valence-corrected chi connectivity index (χ3v) is 5.82. The Labute approximate surface area is 310 Å². The molecule has 0 radical (unpaired) electrons. The fourth-order valence-corrected chi connectivity index (χ4v) is 3.75.